The first kappa shape index (κ1) is 24.2. The number of nitrogens with one attached hydrogen (secondary N) is 1. The Morgan fingerprint density at radius 2 is 1.85 bits per heavy atom. The lowest BCUT2D eigenvalue weighted by atomic mass is 9.44. The molecular weight excluding hydrogens is 442 g/mol. The van der Waals surface area contributed by atoms with Crippen LogP contribution in [0.4, 0.5) is 0 Å². The third-order valence-electron chi connectivity index (χ3n) is 10.9. The minimum absolute atomic E-state index is 0.0537. The fourth-order valence-electron chi connectivity index (χ4n) is 9.04. The van der Waals surface area contributed by atoms with Gasteiger partial charge in [0.25, 0.3) is 0 Å². The molecular formula is C29H41NO3S. The molecule has 5 unspecified atom stereocenters. The van der Waals surface area contributed by atoms with E-state index in [0.717, 1.165) is 32.1 Å². The van der Waals surface area contributed by atoms with Crippen LogP contribution < -0.4 is 5.32 Å². The predicted octanol–water partition coefficient (Wildman–Crippen LogP) is 6.36. The number of amides is 1. The van der Waals surface area contributed by atoms with E-state index in [0.29, 0.717) is 60.9 Å². The van der Waals surface area contributed by atoms with Crippen molar-refractivity contribution in [3.63, 3.8) is 0 Å². The van der Waals surface area contributed by atoms with E-state index in [1.807, 2.05) is 6.07 Å². The van der Waals surface area contributed by atoms with Crippen LogP contribution in [-0.2, 0) is 14.4 Å². The van der Waals surface area contributed by atoms with E-state index in [9.17, 15) is 14.4 Å². The zero-order chi connectivity index (χ0) is 24.3. The van der Waals surface area contributed by atoms with E-state index < -0.39 is 0 Å². The molecule has 9 atom stereocenters. The second-order valence-corrected chi connectivity index (χ2v) is 13.5. The Labute approximate surface area is 208 Å². The summed E-state index contributed by atoms with van der Waals surface area (Å²) in [6, 6.07) is 4.16. The van der Waals surface area contributed by atoms with Gasteiger partial charge in [-0.25, -0.2) is 0 Å². The van der Waals surface area contributed by atoms with Crippen LogP contribution in [0, 0.1) is 46.3 Å². The van der Waals surface area contributed by atoms with Gasteiger partial charge in [-0.1, -0.05) is 26.8 Å². The van der Waals surface area contributed by atoms with Crippen LogP contribution in [0.15, 0.2) is 17.5 Å². The highest BCUT2D eigenvalue weighted by atomic mass is 32.1. The van der Waals surface area contributed by atoms with Crippen LogP contribution >= 0.6 is 11.3 Å². The molecule has 0 saturated heterocycles. The van der Waals surface area contributed by atoms with Crippen LogP contribution in [0.5, 0.6) is 0 Å². The summed E-state index contributed by atoms with van der Waals surface area (Å²) in [5.74, 6) is 3.05. The first-order valence-corrected chi connectivity index (χ1v) is 14.4. The van der Waals surface area contributed by atoms with E-state index in [1.165, 1.54) is 4.88 Å². The molecule has 1 aromatic rings. The van der Waals surface area contributed by atoms with E-state index >= 15 is 0 Å². The topological polar surface area (TPSA) is 63.2 Å². The van der Waals surface area contributed by atoms with E-state index in [-0.39, 0.29) is 34.6 Å². The number of fused-ring (bicyclic) bond motifs is 5. The number of hydrogen-bond donors (Lipinski definition) is 1. The summed E-state index contributed by atoms with van der Waals surface area (Å²) >= 11 is 1.68. The minimum Gasteiger partial charge on any atom is -0.349 e. The second kappa shape index (κ2) is 8.87. The molecule has 186 valence electrons. The van der Waals surface area contributed by atoms with Crippen LogP contribution in [0.1, 0.15) is 96.4 Å². The molecule has 4 aliphatic rings. The molecule has 1 amide bonds. The second-order valence-electron chi connectivity index (χ2n) is 12.6. The third kappa shape index (κ3) is 3.90. The summed E-state index contributed by atoms with van der Waals surface area (Å²) in [7, 11) is 0. The molecule has 5 heteroatoms. The lowest BCUT2D eigenvalue weighted by Gasteiger charge is -2.59. The molecule has 1 N–H and O–H groups in total. The van der Waals surface area contributed by atoms with Crippen molar-refractivity contribution in [3.8, 4) is 0 Å². The SMILES string of the molecule is C[C@H](NC(=O)C[C@@H](C)C1CC[C@H]2C3C(=O)CC4CC(=O)CCC4(C)[C@H]3CCC12C)c1cccs1. The number of thiophene rings is 1. The molecule has 4 nitrogen and oxygen atoms in total. The van der Waals surface area contributed by atoms with Crippen LogP contribution in [0.2, 0.25) is 0 Å². The molecule has 5 rings (SSSR count). The van der Waals surface area contributed by atoms with Gasteiger partial charge in [-0.15, -0.1) is 11.3 Å². The van der Waals surface area contributed by atoms with Gasteiger partial charge in [0, 0.05) is 36.5 Å². The molecule has 34 heavy (non-hydrogen) atoms. The van der Waals surface area contributed by atoms with Crippen LogP contribution in [0.25, 0.3) is 0 Å². The van der Waals surface area contributed by atoms with Crippen LogP contribution in [-0.4, -0.2) is 17.5 Å². The van der Waals surface area contributed by atoms with Gasteiger partial charge in [0.05, 0.1) is 6.04 Å². The number of carbonyl (C=O) groups is 3. The number of hydrogen-bond acceptors (Lipinski definition) is 4. The highest BCUT2D eigenvalue weighted by Gasteiger charge is 2.63. The van der Waals surface area contributed by atoms with E-state index in [4.69, 9.17) is 0 Å². The van der Waals surface area contributed by atoms with Crippen molar-refractivity contribution in [2.45, 2.75) is 91.5 Å². The quantitative estimate of drug-likeness (QED) is 0.530. The maximum absolute atomic E-state index is 13.5. The molecule has 4 fully saturated rings. The largest absolute Gasteiger partial charge is 0.349 e. The smallest absolute Gasteiger partial charge is 0.220 e. The highest BCUT2D eigenvalue weighted by Crippen LogP contribution is 2.67. The molecule has 1 aromatic heterocycles. The van der Waals surface area contributed by atoms with Crippen LogP contribution in [0.3, 0.4) is 0 Å². The summed E-state index contributed by atoms with van der Waals surface area (Å²) in [5, 5.41) is 5.26. The lowest BCUT2D eigenvalue weighted by Crippen LogP contribution is -2.57. The maximum atomic E-state index is 13.5. The van der Waals surface area contributed by atoms with Gasteiger partial charge in [-0.2, -0.15) is 0 Å². The molecule has 4 aliphatic carbocycles. The average molecular weight is 484 g/mol. The van der Waals surface area contributed by atoms with Gasteiger partial charge in [0.15, 0.2) is 0 Å². The number of rotatable bonds is 5. The highest BCUT2D eigenvalue weighted by molar-refractivity contribution is 7.10. The zero-order valence-corrected chi connectivity index (χ0v) is 22.1. The van der Waals surface area contributed by atoms with Gasteiger partial charge in [0.1, 0.15) is 11.6 Å². The molecule has 0 bridgehead atoms. The van der Waals surface area contributed by atoms with Crippen molar-refractivity contribution in [1.82, 2.24) is 5.32 Å². The Hall–Kier alpha value is -1.49. The predicted molar refractivity (Wildman–Crippen MR) is 135 cm³/mol. The maximum Gasteiger partial charge on any atom is 0.220 e. The molecule has 0 spiro atoms. The first-order valence-electron chi connectivity index (χ1n) is 13.5. The fourth-order valence-corrected chi connectivity index (χ4v) is 9.78. The summed E-state index contributed by atoms with van der Waals surface area (Å²) in [4.78, 5) is 39.8. The third-order valence-corrected chi connectivity index (χ3v) is 12.0. The van der Waals surface area contributed by atoms with Gasteiger partial charge in [0.2, 0.25) is 5.91 Å². The Morgan fingerprint density at radius 1 is 1.09 bits per heavy atom. The van der Waals surface area contributed by atoms with Crippen molar-refractivity contribution < 1.29 is 14.4 Å². The summed E-state index contributed by atoms with van der Waals surface area (Å²) < 4.78 is 0. The van der Waals surface area contributed by atoms with Gasteiger partial charge >= 0.3 is 0 Å². The summed E-state index contributed by atoms with van der Waals surface area (Å²) in [6.07, 6.45) is 7.97. The Kier molecular flexibility index (Phi) is 6.32. The summed E-state index contributed by atoms with van der Waals surface area (Å²) in [5.41, 5.74) is 0.291. The molecule has 0 radical (unpaired) electrons. The van der Waals surface area contributed by atoms with Gasteiger partial charge < -0.3 is 5.32 Å². The number of carbonyl (C=O) groups excluding carboxylic acids is 3. The zero-order valence-electron chi connectivity index (χ0n) is 21.3. The molecule has 0 aliphatic heterocycles. The Morgan fingerprint density at radius 3 is 2.59 bits per heavy atom. The monoisotopic (exact) mass is 483 g/mol. The Bertz CT molecular complexity index is 957. The Balaban J connectivity index is 1.28. The average Bonchev–Trinajstić information content (AvgIpc) is 3.42. The fraction of sp³-hybridized carbons (Fsp3) is 0.759. The minimum atomic E-state index is 0.0537. The van der Waals surface area contributed by atoms with Crippen molar-refractivity contribution in [3.05, 3.63) is 22.4 Å². The van der Waals surface area contributed by atoms with E-state index in [2.05, 4.69) is 44.5 Å². The standard InChI is InChI=1S/C29H41NO3S/c1-17(14-26(33)30-18(2)25-6-5-13-34-25)21-7-8-22-27-23(10-12-29(21,22)4)28(3)11-9-20(31)15-19(28)16-24(27)32/h5-6,13,17-19,21-23,27H,7-12,14-16H2,1-4H3,(H,30,33)/t17-,18+,19?,21?,22+,23+,27?,28?,29?/m1/s1. The van der Waals surface area contributed by atoms with E-state index in [1.54, 1.807) is 11.3 Å². The molecule has 1 heterocycles. The van der Waals surface area contributed by atoms with Crippen molar-refractivity contribution in [2.24, 2.45) is 46.3 Å². The van der Waals surface area contributed by atoms with Crippen molar-refractivity contribution >= 4 is 28.8 Å². The first-order chi connectivity index (χ1) is 16.1. The van der Waals surface area contributed by atoms with Crippen molar-refractivity contribution in [1.29, 1.82) is 0 Å². The van der Waals surface area contributed by atoms with Gasteiger partial charge in [-0.05, 0) is 90.9 Å². The number of ketones is 2. The molecule has 4 saturated carbocycles. The van der Waals surface area contributed by atoms with Gasteiger partial charge in [-0.3, -0.25) is 14.4 Å². The lowest BCUT2D eigenvalue weighted by molar-refractivity contribution is -0.159. The number of Topliss-reactive ketones (excluding diaryl/α,β-unsaturated/α-hetero) is 2. The molecule has 0 aromatic carbocycles. The normalized spacial score (nSPS) is 41.2. The van der Waals surface area contributed by atoms with Crippen molar-refractivity contribution in [2.75, 3.05) is 0 Å². The summed E-state index contributed by atoms with van der Waals surface area (Å²) in [6.45, 7) is 9.14.